The average Bonchev–Trinajstić information content (AvgIpc) is 2.08. The molecule has 1 aliphatic rings. The van der Waals surface area contributed by atoms with Gasteiger partial charge in [-0.05, 0) is 47.1 Å². The van der Waals surface area contributed by atoms with Crippen molar-refractivity contribution in [2.75, 3.05) is 6.54 Å². The second-order valence-corrected chi connectivity index (χ2v) is 5.43. The number of hydrogen-bond acceptors (Lipinski definition) is 3. The quantitative estimate of drug-likeness (QED) is 0.715. The predicted octanol–water partition coefficient (Wildman–Crippen LogP) is 2.01. The zero-order chi connectivity index (χ0) is 11.0. The molecule has 0 bridgehead atoms. The van der Waals surface area contributed by atoms with Gasteiger partial charge in [-0.25, -0.2) is 0 Å². The van der Waals surface area contributed by atoms with Gasteiger partial charge in [0.25, 0.3) is 0 Å². The fraction of sp³-hybridized carbons (Fsp3) is 1.00. The topological polar surface area (TPSA) is 35.5 Å². The summed E-state index contributed by atoms with van der Waals surface area (Å²) in [6.45, 7) is 11.5. The minimum Gasteiger partial charge on any atom is -0.313 e. The fourth-order valence-corrected chi connectivity index (χ4v) is 2.48. The molecule has 0 amide bonds. The maximum absolute atomic E-state index is 10.2. The molecule has 3 heteroatoms. The first-order valence-corrected chi connectivity index (χ1v) is 5.55. The van der Waals surface area contributed by atoms with E-state index < -0.39 is 0 Å². The second kappa shape index (κ2) is 3.80. The molecule has 1 unspecified atom stereocenters. The predicted molar refractivity (Wildman–Crippen MR) is 58.5 cm³/mol. The number of likely N-dealkylation sites (N-methyl/N-ethyl adjacent to an activating group) is 1. The van der Waals surface area contributed by atoms with Gasteiger partial charge >= 0.3 is 0 Å². The second-order valence-electron chi connectivity index (χ2n) is 5.43. The van der Waals surface area contributed by atoms with Gasteiger partial charge in [0.1, 0.15) is 0 Å². The number of piperidine rings is 1. The van der Waals surface area contributed by atoms with E-state index in [1.54, 1.807) is 0 Å². The Morgan fingerprint density at radius 2 is 1.93 bits per heavy atom. The van der Waals surface area contributed by atoms with Crippen molar-refractivity contribution in [2.24, 2.45) is 0 Å². The van der Waals surface area contributed by atoms with Crippen LogP contribution in [0.25, 0.3) is 0 Å². The third-order valence-corrected chi connectivity index (χ3v) is 3.47. The zero-order valence-electron chi connectivity index (χ0n) is 10.1. The lowest BCUT2D eigenvalue weighted by atomic mass is 9.78. The highest BCUT2D eigenvalue weighted by Crippen LogP contribution is 2.36. The summed E-state index contributed by atoms with van der Waals surface area (Å²) in [4.78, 5) is 0. The molecule has 84 valence electrons. The zero-order valence-corrected chi connectivity index (χ0v) is 10.1. The SMILES string of the molecule is CCNC1CCC(C)(C)N(O)C1(C)C. The van der Waals surface area contributed by atoms with Crippen molar-refractivity contribution in [2.45, 2.75) is 64.6 Å². The Bertz CT molecular complexity index is 201. The number of rotatable bonds is 2. The molecule has 0 radical (unpaired) electrons. The minimum atomic E-state index is -0.183. The van der Waals surface area contributed by atoms with Gasteiger partial charge in [0.2, 0.25) is 0 Å². The van der Waals surface area contributed by atoms with E-state index in [1.165, 1.54) is 5.06 Å². The van der Waals surface area contributed by atoms with Crippen LogP contribution in [-0.2, 0) is 0 Å². The Labute approximate surface area is 87.4 Å². The van der Waals surface area contributed by atoms with Crippen LogP contribution < -0.4 is 5.32 Å². The molecular weight excluding hydrogens is 176 g/mol. The number of nitrogens with zero attached hydrogens (tertiary/aromatic N) is 1. The van der Waals surface area contributed by atoms with Crippen molar-refractivity contribution >= 4 is 0 Å². The van der Waals surface area contributed by atoms with Gasteiger partial charge in [0.15, 0.2) is 0 Å². The summed E-state index contributed by atoms with van der Waals surface area (Å²) in [5.74, 6) is 0. The van der Waals surface area contributed by atoms with E-state index in [-0.39, 0.29) is 11.1 Å². The van der Waals surface area contributed by atoms with E-state index in [1.807, 2.05) is 0 Å². The highest BCUT2D eigenvalue weighted by atomic mass is 16.5. The number of hydrogen-bond donors (Lipinski definition) is 2. The van der Waals surface area contributed by atoms with Crippen molar-refractivity contribution in [1.29, 1.82) is 0 Å². The standard InChI is InChI=1S/C11H24N2O/c1-6-12-9-7-8-10(2,3)13(14)11(9,4)5/h9,12,14H,6-8H2,1-5H3. The largest absolute Gasteiger partial charge is 0.313 e. The summed E-state index contributed by atoms with van der Waals surface area (Å²) in [6.07, 6.45) is 2.16. The average molecular weight is 200 g/mol. The molecule has 2 N–H and O–H groups in total. The van der Waals surface area contributed by atoms with Gasteiger partial charge < -0.3 is 10.5 Å². The first kappa shape index (κ1) is 12.0. The highest BCUT2D eigenvalue weighted by molar-refractivity contribution is 5.00. The molecule has 3 nitrogen and oxygen atoms in total. The molecule has 0 saturated carbocycles. The molecule has 1 saturated heterocycles. The van der Waals surface area contributed by atoms with Crippen molar-refractivity contribution in [1.82, 2.24) is 10.4 Å². The smallest absolute Gasteiger partial charge is 0.0562 e. The molecule has 14 heavy (non-hydrogen) atoms. The Balaban J connectivity index is 2.79. The lowest BCUT2D eigenvalue weighted by molar-refractivity contribution is -0.249. The van der Waals surface area contributed by atoms with Crippen LogP contribution >= 0.6 is 0 Å². The van der Waals surface area contributed by atoms with E-state index in [0.717, 1.165) is 19.4 Å². The summed E-state index contributed by atoms with van der Waals surface area (Å²) in [5, 5.41) is 15.1. The van der Waals surface area contributed by atoms with Crippen LogP contribution in [-0.4, -0.2) is 33.9 Å². The molecule has 0 spiro atoms. The maximum Gasteiger partial charge on any atom is 0.0562 e. The molecule has 1 aliphatic heterocycles. The lowest BCUT2D eigenvalue weighted by Gasteiger charge is -2.53. The Morgan fingerprint density at radius 1 is 1.36 bits per heavy atom. The van der Waals surface area contributed by atoms with Crippen molar-refractivity contribution in [3.05, 3.63) is 0 Å². The van der Waals surface area contributed by atoms with Gasteiger partial charge in [-0.1, -0.05) is 6.92 Å². The number of nitrogens with one attached hydrogen (secondary N) is 1. The Hall–Kier alpha value is -0.120. The van der Waals surface area contributed by atoms with E-state index in [9.17, 15) is 5.21 Å². The van der Waals surface area contributed by atoms with Gasteiger partial charge in [-0.2, -0.15) is 5.06 Å². The van der Waals surface area contributed by atoms with Gasteiger partial charge in [0, 0.05) is 11.6 Å². The molecule has 1 fully saturated rings. The van der Waals surface area contributed by atoms with Crippen LogP contribution in [0.5, 0.6) is 0 Å². The first-order valence-electron chi connectivity index (χ1n) is 5.55. The van der Waals surface area contributed by atoms with Crippen LogP contribution in [0.3, 0.4) is 0 Å². The summed E-state index contributed by atoms with van der Waals surface area (Å²) in [6, 6.07) is 0.380. The molecule has 1 atom stereocenters. The van der Waals surface area contributed by atoms with Crippen LogP contribution in [0.2, 0.25) is 0 Å². The fourth-order valence-electron chi connectivity index (χ4n) is 2.48. The van der Waals surface area contributed by atoms with Gasteiger partial charge in [0.05, 0.1) is 5.54 Å². The third kappa shape index (κ3) is 1.95. The minimum absolute atomic E-state index is 0.102. The van der Waals surface area contributed by atoms with Gasteiger partial charge in [-0.15, -0.1) is 0 Å². The van der Waals surface area contributed by atoms with Crippen LogP contribution in [0.1, 0.15) is 47.5 Å². The first-order chi connectivity index (χ1) is 6.32. The van der Waals surface area contributed by atoms with E-state index >= 15 is 0 Å². The monoisotopic (exact) mass is 200 g/mol. The summed E-state index contributed by atoms with van der Waals surface area (Å²) in [5.41, 5.74) is -0.285. The van der Waals surface area contributed by atoms with Crippen molar-refractivity contribution in [3.63, 3.8) is 0 Å². The molecular formula is C11H24N2O. The van der Waals surface area contributed by atoms with E-state index in [2.05, 4.69) is 39.9 Å². The van der Waals surface area contributed by atoms with E-state index in [4.69, 9.17) is 0 Å². The highest BCUT2D eigenvalue weighted by Gasteiger charge is 2.46. The Morgan fingerprint density at radius 3 is 2.43 bits per heavy atom. The van der Waals surface area contributed by atoms with Gasteiger partial charge in [-0.3, -0.25) is 0 Å². The molecule has 0 aromatic heterocycles. The van der Waals surface area contributed by atoms with Crippen molar-refractivity contribution in [3.8, 4) is 0 Å². The third-order valence-electron chi connectivity index (χ3n) is 3.47. The van der Waals surface area contributed by atoms with Crippen LogP contribution in [0.15, 0.2) is 0 Å². The summed E-state index contributed by atoms with van der Waals surface area (Å²) in [7, 11) is 0. The number of hydroxylamine groups is 2. The Kier molecular flexibility index (Phi) is 3.24. The molecule has 0 aromatic rings. The maximum atomic E-state index is 10.2. The van der Waals surface area contributed by atoms with Crippen molar-refractivity contribution < 1.29 is 5.21 Å². The lowest BCUT2D eigenvalue weighted by Crippen LogP contribution is -2.66. The molecule has 1 heterocycles. The molecule has 0 aromatic carbocycles. The summed E-state index contributed by atoms with van der Waals surface area (Å²) < 4.78 is 0. The molecule has 1 rings (SSSR count). The summed E-state index contributed by atoms with van der Waals surface area (Å²) >= 11 is 0. The van der Waals surface area contributed by atoms with Crippen LogP contribution in [0.4, 0.5) is 0 Å². The van der Waals surface area contributed by atoms with E-state index in [0.29, 0.717) is 6.04 Å². The van der Waals surface area contributed by atoms with Crippen LogP contribution in [0, 0.1) is 0 Å². The normalized spacial score (nSPS) is 31.7. The molecule has 0 aliphatic carbocycles.